The number of amides is 1. The number of carbonyl (C=O) groups is 1. The molecular weight excluding hydrogens is 484 g/mol. The Kier molecular flexibility index (Phi) is 8.14. The smallest absolute Gasteiger partial charge is 0.269 e. The highest BCUT2D eigenvalue weighted by molar-refractivity contribution is 7.13. The standard InChI is InChI=1S/C29H34N4O3S/c34-28(18-24-20-37-29(30-24)22-8-2-1-3-9-22)31-27-11-5-4-10-23(27)17-21-7-6-16-32(19-21)25-12-14-26(15-13-25)33(35)36/h1-3,8-9,12-15,20-21,23,27H,4-7,10-11,16-19H2,(H,31,34)/t21?,23-,27+/m0/s1. The van der Waals surface area contributed by atoms with Gasteiger partial charge in [-0.05, 0) is 56.1 Å². The van der Waals surface area contributed by atoms with Gasteiger partial charge in [-0.1, -0.05) is 43.2 Å². The summed E-state index contributed by atoms with van der Waals surface area (Å²) in [5.74, 6) is 1.13. The Morgan fingerprint density at radius 2 is 1.84 bits per heavy atom. The number of non-ortho nitro benzene ring substituents is 1. The fraction of sp³-hybridized carbons (Fsp3) is 0.448. The molecule has 2 fully saturated rings. The topological polar surface area (TPSA) is 88.4 Å². The van der Waals surface area contributed by atoms with Gasteiger partial charge in [0.05, 0.1) is 17.0 Å². The molecule has 1 amide bonds. The van der Waals surface area contributed by atoms with Crippen LogP contribution < -0.4 is 10.2 Å². The lowest BCUT2D eigenvalue weighted by Gasteiger charge is -2.39. The number of carbonyl (C=O) groups excluding carboxylic acids is 1. The molecule has 3 aromatic rings. The maximum atomic E-state index is 13.0. The van der Waals surface area contributed by atoms with Crippen LogP contribution in [0.3, 0.4) is 0 Å². The van der Waals surface area contributed by atoms with Crippen LogP contribution in [0.15, 0.2) is 60.0 Å². The Labute approximate surface area is 222 Å². The summed E-state index contributed by atoms with van der Waals surface area (Å²) in [6.45, 7) is 1.95. The zero-order valence-corrected chi connectivity index (χ0v) is 21.9. The second-order valence-electron chi connectivity index (χ2n) is 10.4. The molecule has 1 aliphatic carbocycles. The highest BCUT2D eigenvalue weighted by Gasteiger charge is 2.31. The van der Waals surface area contributed by atoms with Crippen LogP contribution in [0, 0.1) is 22.0 Å². The normalized spacial score (nSPS) is 21.9. The van der Waals surface area contributed by atoms with Crippen LogP contribution in [0.4, 0.5) is 11.4 Å². The Hall–Kier alpha value is -3.26. The van der Waals surface area contributed by atoms with E-state index >= 15 is 0 Å². The third-order valence-electron chi connectivity index (χ3n) is 7.75. The lowest BCUT2D eigenvalue weighted by Crippen LogP contribution is -2.44. The van der Waals surface area contributed by atoms with Crippen LogP contribution >= 0.6 is 11.3 Å². The second-order valence-corrected chi connectivity index (χ2v) is 11.2. The number of nitrogens with one attached hydrogen (secondary N) is 1. The molecule has 1 saturated carbocycles. The van der Waals surface area contributed by atoms with E-state index in [1.807, 2.05) is 47.8 Å². The average molecular weight is 519 g/mol. The Morgan fingerprint density at radius 3 is 2.62 bits per heavy atom. The summed E-state index contributed by atoms with van der Waals surface area (Å²) in [4.78, 5) is 30.7. The first-order valence-electron chi connectivity index (χ1n) is 13.3. The lowest BCUT2D eigenvalue weighted by molar-refractivity contribution is -0.384. The molecular formula is C29H34N4O3S. The van der Waals surface area contributed by atoms with Gasteiger partial charge in [0.1, 0.15) is 5.01 Å². The molecule has 0 spiro atoms. The number of nitro groups is 1. The number of rotatable bonds is 8. The van der Waals surface area contributed by atoms with Gasteiger partial charge >= 0.3 is 0 Å². The minimum absolute atomic E-state index is 0.0676. The largest absolute Gasteiger partial charge is 0.371 e. The molecule has 7 nitrogen and oxygen atoms in total. The van der Waals surface area contributed by atoms with Gasteiger partial charge in [0.2, 0.25) is 5.91 Å². The molecule has 2 aromatic carbocycles. The van der Waals surface area contributed by atoms with Crippen LogP contribution in [0.1, 0.15) is 50.6 Å². The van der Waals surface area contributed by atoms with Gasteiger partial charge < -0.3 is 10.2 Å². The molecule has 2 heterocycles. The van der Waals surface area contributed by atoms with Gasteiger partial charge in [0.15, 0.2) is 0 Å². The zero-order valence-electron chi connectivity index (χ0n) is 21.1. The monoisotopic (exact) mass is 518 g/mol. The molecule has 8 heteroatoms. The summed E-state index contributed by atoms with van der Waals surface area (Å²) in [5.41, 5.74) is 3.11. The van der Waals surface area contributed by atoms with E-state index in [9.17, 15) is 14.9 Å². The maximum Gasteiger partial charge on any atom is 0.269 e. The predicted molar refractivity (Wildman–Crippen MR) is 148 cm³/mol. The minimum Gasteiger partial charge on any atom is -0.371 e. The number of aromatic nitrogens is 1. The van der Waals surface area contributed by atoms with Crippen molar-refractivity contribution in [3.8, 4) is 10.6 Å². The number of benzene rings is 2. The molecule has 194 valence electrons. The van der Waals surface area contributed by atoms with Gasteiger partial charge in [-0.3, -0.25) is 14.9 Å². The van der Waals surface area contributed by atoms with Crippen molar-refractivity contribution < 1.29 is 9.72 Å². The van der Waals surface area contributed by atoms with E-state index in [0.717, 1.165) is 67.1 Å². The quantitative estimate of drug-likeness (QED) is 0.282. The Bertz CT molecular complexity index is 1200. The number of thiazole rings is 1. The van der Waals surface area contributed by atoms with E-state index in [4.69, 9.17) is 4.98 Å². The first-order chi connectivity index (χ1) is 18.0. The van der Waals surface area contributed by atoms with Crippen molar-refractivity contribution in [1.82, 2.24) is 10.3 Å². The van der Waals surface area contributed by atoms with Gasteiger partial charge in [-0.15, -0.1) is 11.3 Å². The summed E-state index contributed by atoms with van der Waals surface area (Å²) < 4.78 is 0. The van der Waals surface area contributed by atoms with E-state index in [0.29, 0.717) is 18.3 Å². The SMILES string of the molecule is O=C(Cc1csc(-c2ccccc2)n1)N[C@@H]1CCCC[C@H]1CC1CCCN(c2ccc([N+](=O)[O-])cc2)C1. The highest BCUT2D eigenvalue weighted by atomic mass is 32.1. The van der Waals surface area contributed by atoms with Crippen molar-refractivity contribution >= 4 is 28.6 Å². The van der Waals surface area contributed by atoms with Crippen molar-refractivity contribution in [2.75, 3.05) is 18.0 Å². The van der Waals surface area contributed by atoms with Crippen molar-refractivity contribution in [1.29, 1.82) is 0 Å². The number of piperidine rings is 1. The van der Waals surface area contributed by atoms with Gasteiger partial charge in [0, 0.05) is 47.9 Å². The van der Waals surface area contributed by atoms with Gasteiger partial charge in [0.25, 0.3) is 5.69 Å². The fourth-order valence-electron chi connectivity index (χ4n) is 5.91. The summed E-state index contributed by atoms with van der Waals surface area (Å²) in [6, 6.07) is 17.2. The molecule has 1 aromatic heterocycles. The molecule has 1 aliphatic heterocycles. The average Bonchev–Trinajstić information content (AvgIpc) is 3.39. The number of anilines is 1. The maximum absolute atomic E-state index is 13.0. The molecule has 1 unspecified atom stereocenters. The molecule has 1 saturated heterocycles. The number of hydrogen-bond acceptors (Lipinski definition) is 6. The van der Waals surface area contributed by atoms with Crippen LogP contribution in [0.2, 0.25) is 0 Å². The van der Waals surface area contributed by atoms with Crippen molar-refractivity contribution in [2.45, 2.75) is 57.4 Å². The highest BCUT2D eigenvalue weighted by Crippen LogP contribution is 2.34. The molecule has 2 aliphatic rings. The predicted octanol–water partition coefficient (Wildman–Crippen LogP) is 6.24. The molecule has 37 heavy (non-hydrogen) atoms. The van der Waals surface area contributed by atoms with Crippen LogP contribution in [0.25, 0.3) is 10.6 Å². The van der Waals surface area contributed by atoms with E-state index in [1.165, 1.54) is 12.8 Å². The molecule has 1 N–H and O–H groups in total. The third-order valence-corrected chi connectivity index (χ3v) is 8.69. The van der Waals surface area contributed by atoms with Crippen molar-refractivity contribution in [3.05, 3.63) is 75.8 Å². The molecule has 0 radical (unpaired) electrons. The first kappa shape index (κ1) is 25.4. The lowest BCUT2D eigenvalue weighted by atomic mass is 9.77. The van der Waals surface area contributed by atoms with E-state index < -0.39 is 0 Å². The zero-order chi connectivity index (χ0) is 25.6. The van der Waals surface area contributed by atoms with E-state index in [-0.39, 0.29) is 22.6 Å². The summed E-state index contributed by atoms with van der Waals surface area (Å²) in [5, 5.41) is 17.3. The van der Waals surface area contributed by atoms with E-state index in [1.54, 1.807) is 23.5 Å². The number of nitrogens with zero attached hydrogens (tertiary/aromatic N) is 3. The summed E-state index contributed by atoms with van der Waals surface area (Å²) >= 11 is 1.59. The van der Waals surface area contributed by atoms with Gasteiger partial charge in [-0.25, -0.2) is 4.98 Å². The molecule has 3 atom stereocenters. The number of nitro benzene ring substituents is 1. The van der Waals surface area contributed by atoms with E-state index in [2.05, 4.69) is 10.2 Å². The van der Waals surface area contributed by atoms with Gasteiger partial charge in [-0.2, -0.15) is 0 Å². The second kappa shape index (κ2) is 11.9. The van der Waals surface area contributed by atoms with Crippen molar-refractivity contribution in [2.24, 2.45) is 11.8 Å². The summed E-state index contributed by atoms with van der Waals surface area (Å²) in [7, 11) is 0. The minimum atomic E-state index is -0.350. The summed E-state index contributed by atoms with van der Waals surface area (Å²) in [6.07, 6.45) is 8.35. The Morgan fingerprint density at radius 1 is 1.05 bits per heavy atom. The van der Waals surface area contributed by atoms with Crippen LogP contribution in [-0.2, 0) is 11.2 Å². The first-order valence-corrected chi connectivity index (χ1v) is 14.2. The third kappa shape index (κ3) is 6.55. The van der Waals surface area contributed by atoms with Crippen LogP contribution in [-0.4, -0.2) is 34.9 Å². The molecule has 5 rings (SSSR count). The van der Waals surface area contributed by atoms with Crippen LogP contribution in [0.5, 0.6) is 0 Å². The number of hydrogen-bond donors (Lipinski definition) is 1. The Balaban J connectivity index is 1.16. The molecule has 0 bridgehead atoms. The van der Waals surface area contributed by atoms with Crippen molar-refractivity contribution in [3.63, 3.8) is 0 Å². The fourth-order valence-corrected chi connectivity index (χ4v) is 6.73.